The third-order valence-electron chi connectivity index (χ3n) is 7.54. The second-order valence-electron chi connectivity index (χ2n) is 9.19. The van der Waals surface area contributed by atoms with Crippen molar-refractivity contribution in [2.45, 2.75) is 50.6 Å². The van der Waals surface area contributed by atoms with Crippen molar-refractivity contribution >= 4 is 17.2 Å². The van der Waals surface area contributed by atoms with E-state index in [0.29, 0.717) is 17.5 Å². The highest BCUT2D eigenvalue weighted by molar-refractivity contribution is 7.08. The van der Waals surface area contributed by atoms with Crippen molar-refractivity contribution in [1.82, 2.24) is 20.0 Å². The standard InChI is InChI=1S/C23H28N4OS/c28-23(20-12-19(24-25-20)16-6-9-29-14-16)27-8-3-4-15-10-17-11-18(22(15)27)13-26-7-2-1-5-21(17)26/h6,9-10,12,14,17-18,21-22H,1-5,7-8,11,13H2,(H,24,25)/t17-,18+,21-,22-/m0/s1. The molecule has 29 heavy (non-hydrogen) atoms. The largest absolute Gasteiger partial charge is 0.330 e. The first-order valence-corrected chi connectivity index (χ1v) is 12.1. The van der Waals surface area contributed by atoms with Crippen LogP contribution < -0.4 is 0 Å². The number of carbonyl (C=O) groups is 1. The lowest BCUT2D eigenvalue weighted by Crippen LogP contribution is -2.60. The molecule has 152 valence electrons. The molecule has 0 unspecified atom stereocenters. The van der Waals surface area contributed by atoms with Gasteiger partial charge in [-0.1, -0.05) is 18.1 Å². The van der Waals surface area contributed by atoms with Crippen molar-refractivity contribution in [3.05, 3.63) is 40.2 Å². The minimum atomic E-state index is 0.119. The number of piperidine rings is 3. The lowest BCUT2D eigenvalue weighted by atomic mass is 9.68. The molecule has 4 atom stereocenters. The van der Waals surface area contributed by atoms with E-state index >= 15 is 0 Å². The maximum absolute atomic E-state index is 13.5. The predicted molar refractivity (Wildman–Crippen MR) is 115 cm³/mol. The molecule has 2 aromatic heterocycles. The van der Waals surface area contributed by atoms with Gasteiger partial charge in [-0.15, -0.1) is 0 Å². The van der Waals surface area contributed by atoms with Gasteiger partial charge in [0.15, 0.2) is 0 Å². The van der Waals surface area contributed by atoms with E-state index in [1.807, 2.05) is 11.4 Å². The van der Waals surface area contributed by atoms with E-state index in [4.69, 9.17) is 0 Å². The van der Waals surface area contributed by atoms with E-state index in [1.165, 1.54) is 37.8 Å². The summed E-state index contributed by atoms with van der Waals surface area (Å²) in [6, 6.07) is 5.01. The van der Waals surface area contributed by atoms with Crippen molar-refractivity contribution in [3.63, 3.8) is 0 Å². The van der Waals surface area contributed by atoms with Crippen LogP contribution in [0.1, 0.15) is 49.0 Å². The van der Waals surface area contributed by atoms with Crippen molar-refractivity contribution in [2.24, 2.45) is 11.8 Å². The minimum absolute atomic E-state index is 0.119. The summed E-state index contributed by atoms with van der Waals surface area (Å²) in [5.41, 5.74) is 4.10. The molecule has 0 aromatic carbocycles. The van der Waals surface area contributed by atoms with Crippen LogP contribution in [0.5, 0.6) is 0 Å². The zero-order valence-electron chi connectivity index (χ0n) is 16.7. The fourth-order valence-electron chi connectivity index (χ4n) is 6.35. The van der Waals surface area contributed by atoms with Gasteiger partial charge >= 0.3 is 0 Å². The van der Waals surface area contributed by atoms with Crippen molar-refractivity contribution < 1.29 is 4.79 Å². The fraction of sp³-hybridized carbons (Fsp3) is 0.565. The van der Waals surface area contributed by atoms with Gasteiger partial charge in [-0.3, -0.25) is 14.8 Å². The first kappa shape index (κ1) is 17.9. The van der Waals surface area contributed by atoms with Gasteiger partial charge in [-0.2, -0.15) is 16.4 Å². The Bertz CT molecular complexity index is 933. The molecule has 0 spiro atoms. The van der Waals surface area contributed by atoms with Crippen LogP contribution in [-0.4, -0.2) is 57.6 Å². The molecule has 5 nitrogen and oxygen atoms in total. The van der Waals surface area contributed by atoms with Crippen LogP contribution in [0.4, 0.5) is 0 Å². The number of carbonyl (C=O) groups excluding carboxylic acids is 1. The van der Waals surface area contributed by atoms with Crippen molar-refractivity contribution in [3.8, 4) is 11.3 Å². The molecule has 3 fully saturated rings. The first-order chi connectivity index (χ1) is 14.3. The molecule has 4 aliphatic rings. The number of H-pyrrole nitrogens is 1. The Labute approximate surface area is 175 Å². The summed E-state index contributed by atoms with van der Waals surface area (Å²) in [4.78, 5) is 18.4. The van der Waals surface area contributed by atoms with E-state index in [2.05, 4.69) is 37.5 Å². The Kier molecular flexibility index (Phi) is 4.38. The monoisotopic (exact) mass is 408 g/mol. The van der Waals surface area contributed by atoms with Gasteiger partial charge in [-0.25, -0.2) is 0 Å². The molecule has 1 amide bonds. The van der Waals surface area contributed by atoms with Crippen molar-refractivity contribution in [2.75, 3.05) is 19.6 Å². The third-order valence-corrected chi connectivity index (χ3v) is 8.23. The summed E-state index contributed by atoms with van der Waals surface area (Å²) < 4.78 is 0. The lowest BCUT2D eigenvalue weighted by Gasteiger charge is -2.54. The van der Waals surface area contributed by atoms with Gasteiger partial charge in [0.1, 0.15) is 5.69 Å². The SMILES string of the molecule is O=C(c1cc(-c2ccsc2)n[nH]1)N1CCCC2=C[C@H]3C[C@H](CN4CCCC[C@@H]34)[C@H]21. The van der Waals surface area contributed by atoms with Gasteiger partial charge in [-0.05, 0) is 68.0 Å². The molecule has 0 radical (unpaired) electrons. The van der Waals surface area contributed by atoms with Gasteiger partial charge in [0, 0.05) is 30.1 Å². The van der Waals surface area contributed by atoms with Crippen LogP contribution in [0.15, 0.2) is 34.5 Å². The molecule has 3 saturated heterocycles. The minimum Gasteiger partial charge on any atom is -0.330 e. The topological polar surface area (TPSA) is 52.2 Å². The van der Waals surface area contributed by atoms with Gasteiger partial charge in [0.2, 0.25) is 0 Å². The predicted octanol–water partition coefficient (Wildman–Crippen LogP) is 4.17. The third kappa shape index (κ3) is 2.99. The Balaban J connectivity index is 1.29. The number of fused-ring (bicyclic) bond motifs is 6. The maximum atomic E-state index is 13.5. The molecule has 6 rings (SSSR count). The summed E-state index contributed by atoms with van der Waals surface area (Å²) in [7, 11) is 0. The first-order valence-electron chi connectivity index (χ1n) is 11.1. The van der Waals surface area contributed by atoms with E-state index in [1.54, 1.807) is 11.3 Å². The van der Waals surface area contributed by atoms with Crippen LogP contribution in [0.2, 0.25) is 0 Å². The number of amides is 1. The van der Waals surface area contributed by atoms with E-state index in [0.717, 1.165) is 43.2 Å². The number of aromatic nitrogens is 2. The summed E-state index contributed by atoms with van der Waals surface area (Å²) >= 11 is 1.65. The number of hydrogen-bond acceptors (Lipinski definition) is 4. The Hall–Kier alpha value is -1.92. The number of nitrogens with zero attached hydrogens (tertiary/aromatic N) is 3. The molecule has 1 aliphatic carbocycles. The fourth-order valence-corrected chi connectivity index (χ4v) is 6.99. The number of aromatic amines is 1. The van der Waals surface area contributed by atoms with E-state index in [-0.39, 0.29) is 11.9 Å². The number of thiophene rings is 1. The molecule has 1 N–H and O–H groups in total. The summed E-state index contributed by atoms with van der Waals surface area (Å²) in [6.45, 7) is 3.26. The number of rotatable bonds is 2. The van der Waals surface area contributed by atoms with Crippen LogP contribution in [0.3, 0.4) is 0 Å². The number of nitrogens with one attached hydrogen (secondary N) is 1. The smallest absolute Gasteiger partial charge is 0.272 e. The van der Waals surface area contributed by atoms with Gasteiger partial charge in [0.05, 0.1) is 11.7 Å². The molecule has 2 bridgehead atoms. The highest BCUT2D eigenvalue weighted by Crippen LogP contribution is 2.45. The van der Waals surface area contributed by atoms with Gasteiger partial charge in [0.25, 0.3) is 5.91 Å². The van der Waals surface area contributed by atoms with E-state index < -0.39 is 0 Å². The van der Waals surface area contributed by atoms with E-state index in [9.17, 15) is 4.79 Å². The lowest BCUT2D eigenvalue weighted by molar-refractivity contribution is 0.00131. The number of hydrogen-bond donors (Lipinski definition) is 1. The Morgan fingerprint density at radius 3 is 3.10 bits per heavy atom. The van der Waals surface area contributed by atoms with Gasteiger partial charge < -0.3 is 4.90 Å². The summed E-state index contributed by atoms with van der Waals surface area (Å²) in [5.74, 6) is 1.40. The second kappa shape index (κ2) is 7.10. The average Bonchev–Trinajstić information content (AvgIpc) is 3.45. The van der Waals surface area contributed by atoms with Crippen LogP contribution in [0, 0.1) is 11.8 Å². The zero-order chi connectivity index (χ0) is 19.4. The Morgan fingerprint density at radius 1 is 1.24 bits per heavy atom. The zero-order valence-corrected chi connectivity index (χ0v) is 17.5. The molecule has 3 aliphatic heterocycles. The Morgan fingerprint density at radius 2 is 2.21 bits per heavy atom. The normalized spacial score (nSPS) is 31.7. The molecule has 6 heteroatoms. The maximum Gasteiger partial charge on any atom is 0.272 e. The van der Waals surface area contributed by atoms with Crippen molar-refractivity contribution in [1.29, 1.82) is 0 Å². The molecule has 5 heterocycles. The number of likely N-dealkylation sites (tertiary alicyclic amines) is 1. The molecule has 0 saturated carbocycles. The van der Waals surface area contributed by atoms with Crippen LogP contribution >= 0.6 is 11.3 Å². The summed E-state index contributed by atoms with van der Waals surface area (Å²) in [5, 5.41) is 11.5. The summed E-state index contributed by atoms with van der Waals surface area (Å²) in [6.07, 6.45) is 10.1. The molecular weight excluding hydrogens is 380 g/mol. The quantitative estimate of drug-likeness (QED) is 0.759. The van der Waals surface area contributed by atoms with Crippen LogP contribution in [-0.2, 0) is 0 Å². The highest BCUT2D eigenvalue weighted by atomic mass is 32.1. The average molecular weight is 409 g/mol. The highest BCUT2D eigenvalue weighted by Gasteiger charge is 2.47. The second-order valence-corrected chi connectivity index (χ2v) is 9.97. The van der Waals surface area contributed by atoms with Crippen LogP contribution in [0.25, 0.3) is 11.3 Å². The molecular formula is C23H28N4OS. The molecule has 2 aromatic rings.